The van der Waals surface area contributed by atoms with Gasteiger partial charge in [-0.1, -0.05) is 19.0 Å². The van der Waals surface area contributed by atoms with Crippen LogP contribution in [0.15, 0.2) is 35.1 Å². The quantitative estimate of drug-likeness (QED) is 0.775. The SMILES string of the molecule is COc1ccc2onc(CC(=O)Nc3nccnc3C(C)C)c2c1. The van der Waals surface area contributed by atoms with E-state index in [-0.39, 0.29) is 18.2 Å². The van der Waals surface area contributed by atoms with Crippen LogP contribution in [0, 0.1) is 0 Å². The Balaban J connectivity index is 1.81. The second-order valence-electron chi connectivity index (χ2n) is 5.66. The second kappa shape index (κ2) is 6.66. The number of nitrogens with one attached hydrogen (secondary N) is 1. The fraction of sp³-hybridized carbons (Fsp3) is 0.294. The standard InChI is InChI=1S/C17H18N4O3/c1-10(2)16-17(19-7-6-18-16)20-15(22)9-13-12-8-11(23-3)4-5-14(12)24-21-13/h4-8,10H,9H2,1-3H3,(H,19,20,22). The van der Waals surface area contributed by atoms with E-state index >= 15 is 0 Å². The third-order valence-electron chi connectivity index (χ3n) is 3.61. The molecule has 7 nitrogen and oxygen atoms in total. The number of nitrogens with zero attached hydrogens (tertiary/aromatic N) is 3. The molecule has 0 atom stereocenters. The molecule has 2 aromatic heterocycles. The van der Waals surface area contributed by atoms with Gasteiger partial charge in [0.05, 0.1) is 19.2 Å². The zero-order valence-electron chi connectivity index (χ0n) is 13.7. The molecule has 0 aliphatic rings. The molecule has 1 N–H and O–H groups in total. The molecule has 7 heteroatoms. The molecule has 0 bridgehead atoms. The van der Waals surface area contributed by atoms with Crippen LogP contribution in [0.2, 0.25) is 0 Å². The zero-order valence-corrected chi connectivity index (χ0v) is 13.7. The van der Waals surface area contributed by atoms with E-state index in [1.807, 2.05) is 13.8 Å². The lowest BCUT2D eigenvalue weighted by Gasteiger charge is -2.10. The minimum Gasteiger partial charge on any atom is -0.497 e. The monoisotopic (exact) mass is 326 g/mol. The lowest BCUT2D eigenvalue weighted by molar-refractivity contribution is -0.115. The largest absolute Gasteiger partial charge is 0.497 e. The Hall–Kier alpha value is -2.96. The Labute approximate surface area is 139 Å². The minimum absolute atomic E-state index is 0.0777. The Morgan fingerprint density at radius 2 is 2.08 bits per heavy atom. The first-order valence-electron chi connectivity index (χ1n) is 7.61. The summed E-state index contributed by atoms with van der Waals surface area (Å²) in [6.07, 6.45) is 3.24. The van der Waals surface area contributed by atoms with Crippen molar-refractivity contribution in [2.75, 3.05) is 12.4 Å². The summed E-state index contributed by atoms with van der Waals surface area (Å²) in [6.45, 7) is 3.99. The first-order valence-corrected chi connectivity index (χ1v) is 7.61. The molecule has 0 saturated carbocycles. The molecule has 0 saturated heterocycles. The van der Waals surface area contributed by atoms with Gasteiger partial charge in [-0.3, -0.25) is 9.78 Å². The number of benzene rings is 1. The van der Waals surface area contributed by atoms with E-state index in [0.717, 1.165) is 11.1 Å². The van der Waals surface area contributed by atoms with E-state index in [0.29, 0.717) is 22.8 Å². The lowest BCUT2D eigenvalue weighted by atomic mass is 10.1. The van der Waals surface area contributed by atoms with Gasteiger partial charge in [-0.05, 0) is 24.1 Å². The summed E-state index contributed by atoms with van der Waals surface area (Å²) in [4.78, 5) is 20.8. The van der Waals surface area contributed by atoms with Gasteiger partial charge in [-0.15, -0.1) is 0 Å². The van der Waals surface area contributed by atoms with Gasteiger partial charge in [0.2, 0.25) is 5.91 Å². The maximum atomic E-state index is 12.4. The molecule has 0 spiro atoms. The molecule has 0 unspecified atom stereocenters. The van der Waals surface area contributed by atoms with E-state index < -0.39 is 0 Å². The van der Waals surface area contributed by atoms with Gasteiger partial charge in [-0.2, -0.15) is 0 Å². The molecular formula is C17H18N4O3. The van der Waals surface area contributed by atoms with Crippen LogP contribution in [0.4, 0.5) is 5.82 Å². The van der Waals surface area contributed by atoms with Crippen molar-refractivity contribution in [3.05, 3.63) is 42.0 Å². The number of rotatable bonds is 5. The zero-order chi connectivity index (χ0) is 17.1. The second-order valence-corrected chi connectivity index (χ2v) is 5.66. The van der Waals surface area contributed by atoms with Gasteiger partial charge >= 0.3 is 0 Å². The summed E-state index contributed by atoms with van der Waals surface area (Å²) >= 11 is 0. The van der Waals surface area contributed by atoms with Crippen LogP contribution in [0.3, 0.4) is 0 Å². The highest BCUT2D eigenvalue weighted by Gasteiger charge is 2.16. The highest BCUT2D eigenvalue weighted by atomic mass is 16.5. The van der Waals surface area contributed by atoms with Gasteiger partial charge in [-0.25, -0.2) is 4.98 Å². The number of hydrogen-bond acceptors (Lipinski definition) is 6. The fourth-order valence-electron chi connectivity index (χ4n) is 2.42. The number of ether oxygens (including phenoxy) is 1. The number of anilines is 1. The summed E-state index contributed by atoms with van der Waals surface area (Å²) in [5.41, 5.74) is 1.91. The third-order valence-corrected chi connectivity index (χ3v) is 3.61. The van der Waals surface area contributed by atoms with Crippen molar-refractivity contribution in [3.63, 3.8) is 0 Å². The molecule has 0 fully saturated rings. The van der Waals surface area contributed by atoms with E-state index in [1.54, 1.807) is 37.7 Å². The van der Waals surface area contributed by atoms with Crippen LogP contribution in [0.5, 0.6) is 5.75 Å². The molecular weight excluding hydrogens is 308 g/mol. The van der Waals surface area contributed by atoms with Gasteiger partial charge in [0.1, 0.15) is 11.4 Å². The van der Waals surface area contributed by atoms with Gasteiger partial charge in [0.15, 0.2) is 11.4 Å². The van der Waals surface area contributed by atoms with Crippen LogP contribution in [0.25, 0.3) is 11.0 Å². The van der Waals surface area contributed by atoms with Crippen molar-refractivity contribution in [1.82, 2.24) is 15.1 Å². The molecule has 0 radical (unpaired) electrons. The van der Waals surface area contributed by atoms with Crippen LogP contribution < -0.4 is 10.1 Å². The molecule has 2 heterocycles. The Morgan fingerprint density at radius 3 is 2.83 bits per heavy atom. The molecule has 124 valence electrons. The Bertz CT molecular complexity index is 873. The summed E-state index contributed by atoms with van der Waals surface area (Å²) in [5.74, 6) is 1.09. The van der Waals surface area contributed by atoms with Crippen LogP contribution in [-0.2, 0) is 11.2 Å². The Morgan fingerprint density at radius 1 is 1.29 bits per heavy atom. The first-order chi connectivity index (χ1) is 11.6. The maximum Gasteiger partial charge on any atom is 0.231 e. The van der Waals surface area contributed by atoms with E-state index in [1.165, 1.54) is 0 Å². The van der Waals surface area contributed by atoms with Crippen LogP contribution in [-0.4, -0.2) is 28.1 Å². The first kappa shape index (κ1) is 15.9. The van der Waals surface area contributed by atoms with Crippen LogP contribution >= 0.6 is 0 Å². The number of aromatic nitrogens is 3. The molecule has 3 aromatic rings. The summed E-state index contributed by atoms with van der Waals surface area (Å²) < 4.78 is 10.4. The number of carbonyl (C=O) groups excluding carboxylic acids is 1. The molecule has 24 heavy (non-hydrogen) atoms. The number of methoxy groups -OCH3 is 1. The summed E-state index contributed by atoms with van der Waals surface area (Å²) in [6, 6.07) is 5.35. The predicted molar refractivity (Wildman–Crippen MR) is 89.0 cm³/mol. The number of fused-ring (bicyclic) bond motifs is 1. The smallest absolute Gasteiger partial charge is 0.231 e. The summed E-state index contributed by atoms with van der Waals surface area (Å²) in [7, 11) is 1.59. The third kappa shape index (κ3) is 3.19. The van der Waals surface area contributed by atoms with Crippen molar-refractivity contribution < 1.29 is 14.1 Å². The molecule has 0 aliphatic carbocycles. The van der Waals surface area contributed by atoms with Crippen molar-refractivity contribution in [3.8, 4) is 5.75 Å². The normalized spacial score (nSPS) is 11.0. The highest BCUT2D eigenvalue weighted by Crippen LogP contribution is 2.24. The highest BCUT2D eigenvalue weighted by molar-refractivity contribution is 5.94. The van der Waals surface area contributed by atoms with E-state index in [9.17, 15) is 4.79 Å². The average molecular weight is 326 g/mol. The molecule has 0 aliphatic heterocycles. The topological polar surface area (TPSA) is 90.1 Å². The number of hydrogen-bond donors (Lipinski definition) is 1. The average Bonchev–Trinajstić information content (AvgIpc) is 2.97. The van der Waals surface area contributed by atoms with E-state index in [4.69, 9.17) is 9.26 Å². The number of carbonyl (C=O) groups is 1. The van der Waals surface area contributed by atoms with Crippen molar-refractivity contribution in [2.45, 2.75) is 26.2 Å². The maximum absolute atomic E-state index is 12.4. The van der Waals surface area contributed by atoms with Gasteiger partial charge in [0, 0.05) is 17.8 Å². The van der Waals surface area contributed by atoms with Crippen molar-refractivity contribution in [2.24, 2.45) is 0 Å². The fourth-order valence-corrected chi connectivity index (χ4v) is 2.42. The van der Waals surface area contributed by atoms with Crippen molar-refractivity contribution >= 4 is 22.7 Å². The minimum atomic E-state index is -0.226. The molecule has 1 amide bonds. The Kier molecular flexibility index (Phi) is 4.41. The number of amides is 1. The molecule has 3 rings (SSSR count). The van der Waals surface area contributed by atoms with Gasteiger partial charge < -0.3 is 14.6 Å². The van der Waals surface area contributed by atoms with Crippen LogP contribution in [0.1, 0.15) is 31.2 Å². The van der Waals surface area contributed by atoms with Crippen molar-refractivity contribution in [1.29, 1.82) is 0 Å². The summed E-state index contributed by atoms with van der Waals surface area (Å²) in [5, 5.41) is 7.54. The lowest BCUT2D eigenvalue weighted by Crippen LogP contribution is -2.17. The predicted octanol–water partition coefficient (Wildman–Crippen LogP) is 2.93. The van der Waals surface area contributed by atoms with Gasteiger partial charge in [0.25, 0.3) is 0 Å². The molecule has 1 aromatic carbocycles. The van der Waals surface area contributed by atoms with E-state index in [2.05, 4.69) is 20.4 Å².